The summed E-state index contributed by atoms with van der Waals surface area (Å²) in [4.78, 5) is 27.5. The van der Waals surface area contributed by atoms with E-state index in [-0.39, 0.29) is 22.7 Å². The third-order valence-electron chi connectivity index (χ3n) is 6.06. The van der Waals surface area contributed by atoms with Gasteiger partial charge in [-0.25, -0.2) is 17.9 Å². The van der Waals surface area contributed by atoms with Gasteiger partial charge in [-0.1, -0.05) is 22.0 Å². The summed E-state index contributed by atoms with van der Waals surface area (Å²) in [6, 6.07) is 15.3. The molecule has 8 nitrogen and oxygen atoms in total. The van der Waals surface area contributed by atoms with Crippen molar-refractivity contribution in [2.45, 2.75) is 32.2 Å². The highest BCUT2D eigenvalue weighted by atomic mass is 79.9. The molecule has 3 aromatic rings. The highest BCUT2D eigenvalue weighted by Gasteiger charge is 2.38. The predicted molar refractivity (Wildman–Crippen MR) is 143 cm³/mol. The average molecular weight is 585 g/mol. The van der Waals surface area contributed by atoms with Gasteiger partial charge >= 0.3 is 5.97 Å². The van der Waals surface area contributed by atoms with Gasteiger partial charge in [0.15, 0.2) is 0 Å². The number of carbonyl (C=O) groups excluding carboxylic acids is 2. The van der Waals surface area contributed by atoms with Crippen molar-refractivity contribution < 1.29 is 27.2 Å². The topological polar surface area (TPSA) is 106 Å². The third kappa shape index (κ3) is 5.46. The Kier molecular flexibility index (Phi) is 7.54. The zero-order valence-electron chi connectivity index (χ0n) is 20.7. The number of methoxy groups -OCH3 is 1. The third-order valence-corrected chi connectivity index (χ3v) is 8.00. The van der Waals surface area contributed by atoms with Crippen LogP contribution in [0.2, 0.25) is 0 Å². The SMILES string of the molecule is COC(=O)C1=C(C)N(c2ccc(C)c(C)c2)/C(=C/c2ccc(CNS(=O)(=O)c3ccc(Br)cc3)o2)C1=O. The van der Waals surface area contributed by atoms with Gasteiger partial charge in [-0.15, -0.1) is 0 Å². The van der Waals surface area contributed by atoms with Crippen LogP contribution in [0.1, 0.15) is 29.6 Å². The molecule has 2 aromatic carbocycles. The molecule has 0 unspecified atom stereocenters. The Morgan fingerprint density at radius 2 is 1.76 bits per heavy atom. The first-order valence-corrected chi connectivity index (χ1v) is 13.6. The van der Waals surface area contributed by atoms with Gasteiger partial charge in [0, 0.05) is 21.9 Å². The number of carbonyl (C=O) groups is 2. The molecule has 1 aliphatic rings. The van der Waals surface area contributed by atoms with Crippen molar-refractivity contribution in [1.29, 1.82) is 0 Å². The molecule has 0 bridgehead atoms. The maximum atomic E-state index is 13.3. The van der Waals surface area contributed by atoms with Crippen molar-refractivity contribution in [2.75, 3.05) is 12.0 Å². The van der Waals surface area contributed by atoms with Gasteiger partial charge in [0.05, 0.1) is 24.2 Å². The van der Waals surface area contributed by atoms with Crippen molar-refractivity contribution in [3.8, 4) is 0 Å². The number of Topliss-reactive ketones (excluding diaryl/α,β-unsaturated/α-hetero) is 1. The number of nitrogens with zero attached hydrogens (tertiary/aromatic N) is 1. The number of sulfonamides is 1. The molecule has 0 aliphatic carbocycles. The number of ketones is 1. The van der Waals surface area contributed by atoms with E-state index < -0.39 is 21.8 Å². The zero-order valence-corrected chi connectivity index (χ0v) is 23.1. The summed E-state index contributed by atoms with van der Waals surface area (Å²) in [6.07, 6.45) is 1.53. The molecule has 192 valence electrons. The molecule has 0 amide bonds. The smallest absolute Gasteiger partial charge is 0.343 e. The number of aryl methyl sites for hydroxylation is 2. The Morgan fingerprint density at radius 3 is 2.41 bits per heavy atom. The molecular weight excluding hydrogens is 560 g/mol. The molecule has 37 heavy (non-hydrogen) atoms. The molecule has 10 heteroatoms. The van der Waals surface area contributed by atoms with Crippen molar-refractivity contribution in [1.82, 2.24) is 4.72 Å². The van der Waals surface area contributed by atoms with Crippen molar-refractivity contribution in [2.24, 2.45) is 0 Å². The minimum atomic E-state index is -3.74. The van der Waals surface area contributed by atoms with Crippen LogP contribution in [0.4, 0.5) is 5.69 Å². The molecule has 0 spiro atoms. The van der Waals surface area contributed by atoms with Crippen LogP contribution >= 0.6 is 15.9 Å². The van der Waals surface area contributed by atoms with Crippen LogP contribution in [-0.2, 0) is 30.9 Å². The Balaban J connectivity index is 1.63. The lowest BCUT2D eigenvalue weighted by atomic mass is 10.1. The lowest BCUT2D eigenvalue weighted by Crippen LogP contribution is -2.22. The van der Waals surface area contributed by atoms with Crippen LogP contribution in [0.5, 0.6) is 0 Å². The van der Waals surface area contributed by atoms with E-state index in [1.165, 1.54) is 25.3 Å². The fourth-order valence-corrected chi connectivity index (χ4v) is 5.18. The monoisotopic (exact) mass is 584 g/mol. The van der Waals surface area contributed by atoms with E-state index in [2.05, 4.69) is 20.7 Å². The number of anilines is 1. The number of halogens is 1. The largest absolute Gasteiger partial charge is 0.465 e. The molecular formula is C27H25BrN2O6S. The molecule has 2 heterocycles. The maximum absolute atomic E-state index is 13.3. The first-order valence-electron chi connectivity index (χ1n) is 11.3. The van der Waals surface area contributed by atoms with Gasteiger partial charge in [-0.3, -0.25) is 4.79 Å². The standard InChI is InChI=1S/C27H25BrN2O6S/c1-16-5-8-20(13-17(16)2)30-18(3)25(27(32)35-4)26(31)24(30)14-21-9-10-22(36-21)15-29-37(33,34)23-11-6-19(28)7-12-23/h5-14,29H,15H2,1-4H3/b24-14+. The van der Waals surface area contributed by atoms with Gasteiger partial charge in [0.1, 0.15) is 17.1 Å². The number of furan rings is 1. The van der Waals surface area contributed by atoms with E-state index in [1.807, 2.05) is 32.0 Å². The Bertz CT molecular complexity index is 1550. The second kappa shape index (κ2) is 10.5. The first-order chi connectivity index (χ1) is 17.5. The normalized spacial score (nSPS) is 15.1. The first kappa shape index (κ1) is 26.6. The number of benzene rings is 2. The zero-order chi connectivity index (χ0) is 26.9. The number of nitrogens with one attached hydrogen (secondary N) is 1. The molecule has 1 N–H and O–H groups in total. The molecule has 0 radical (unpaired) electrons. The van der Waals surface area contributed by atoms with E-state index in [0.29, 0.717) is 22.9 Å². The fraction of sp³-hybridized carbons (Fsp3) is 0.185. The highest BCUT2D eigenvalue weighted by molar-refractivity contribution is 9.10. The quantitative estimate of drug-likeness (QED) is 0.236. The molecule has 0 saturated heterocycles. The summed E-state index contributed by atoms with van der Waals surface area (Å²) < 4.78 is 39.1. The van der Waals surface area contributed by atoms with Gasteiger partial charge in [0.25, 0.3) is 0 Å². The maximum Gasteiger partial charge on any atom is 0.343 e. The van der Waals surface area contributed by atoms with Gasteiger partial charge in [0.2, 0.25) is 15.8 Å². The molecule has 0 atom stereocenters. The molecule has 0 saturated carbocycles. The summed E-state index contributed by atoms with van der Waals surface area (Å²) in [5.74, 6) is -0.527. The average Bonchev–Trinajstić information content (AvgIpc) is 3.41. The molecule has 1 aromatic heterocycles. The lowest BCUT2D eigenvalue weighted by molar-refractivity contribution is -0.137. The number of esters is 1. The second-order valence-electron chi connectivity index (χ2n) is 8.50. The van der Waals surface area contributed by atoms with Gasteiger partial charge in [-0.2, -0.15) is 0 Å². The minimum Gasteiger partial charge on any atom is -0.465 e. The number of rotatable bonds is 7. The second-order valence-corrected chi connectivity index (χ2v) is 11.2. The number of hydrogen-bond donors (Lipinski definition) is 1. The highest BCUT2D eigenvalue weighted by Crippen LogP contribution is 2.36. The van der Waals surface area contributed by atoms with Crippen molar-refractivity contribution in [3.63, 3.8) is 0 Å². The molecule has 0 fully saturated rings. The van der Waals surface area contributed by atoms with Crippen molar-refractivity contribution >= 4 is 49.5 Å². The van der Waals surface area contributed by atoms with Crippen LogP contribution in [0.3, 0.4) is 0 Å². The van der Waals surface area contributed by atoms with Gasteiger partial charge < -0.3 is 14.1 Å². The lowest BCUT2D eigenvalue weighted by Gasteiger charge is -2.22. The van der Waals surface area contributed by atoms with Crippen molar-refractivity contribution in [3.05, 3.63) is 98.7 Å². The Labute approximate surface area is 223 Å². The minimum absolute atomic E-state index is 0.0546. The summed E-state index contributed by atoms with van der Waals surface area (Å²) in [5.41, 5.74) is 3.45. The van der Waals surface area contributed by atoms with Crippen LogP contribution < -0.4 is 9.62 Å². The van der Waals surface area contributed by atoms with E-state index in [9.17, 15) is 18.0 Å². The fourth-order valence-electron chi connectivity index (χ4n) is 3.92. The number of allylic oxidation sites excluding steroid dienone is 2. The summed E-state index contributed by atoms with van der Waals surface area (Å²) in [7, 11) is -2.51. The van der Waals surface area contributed by atoms with Crippen LogP contribution in [0.15, 0.2) is 85.3 Å². The molecule has 4 rings (SSSR count). The number of hydrogen-bond acceptors (Lipinski definition) is 7. The summed E-state index contributed by atoms with van der Waals surface area (Å²) in [5, 5.41) is 0. The molecule has 1 aliphatic heterocycles. The van der Waals surface area contributed by atoms with E-state index >= 15 is 0 Å². The Hall–Kier alpha value is -3.47. The van der Waals surface area contributed by atoms with Crippen LogP contribution in [-0.4, -0.2) is 27.3 Å². The van der Waals surface area contributed by atoms with E-state index in [0.717, 1.165) is 15.6 Å². The summed E-state index contributed by atoms with van der Waals surface area (Å²) in [6.45, 7) is 5.56. The summed E-state index contributed by atoms with van der Waals surface area (Å²) >= 11 is 3.28. The Morgan fingerprint density at radius 1 is 1.05 bits per heavy atom. The van der Waals surface area contributed by atoms with Crippen LogP contribution in [0, 0.1) is 13.8 Å². The van der Waals surface area contributed by atoms with E-state index in [1.54, 1.807) is 36.1 Å². The van der Waals surface area contributed by atoms with Crippen LogP contribution in [0.25, 0.3) is 6.08 Å². The van der Waals surface area contributed by atoms with Gasteiger partial charge in [-0.05, 0) is 80.4 Å². The number of ether oxygens (including phenoxy) is 1. The van der Waals surface area contributed by atoms with E-state index in [4.69, 9.17) is 9.15 Å². The predicted octanol–water partition coefficient (Wildman–Crippen LogP) is 5.01.